The molecule has 4 heteroatoms. The summed E-state index contributed by atoms with van der Waals surface area (Å²) in [6.45, 7) is 4.15. The van der Waals surface area contributed by atoms with Gasteiger partial charge >= 0.3 is 6.16 Å². The summed E-state index contributed by atoms with van der Waals surface area (Å²) >= 11 is 0. The Morgan fingerprint density at radius 3 is 2.00 bits per heavy atom. The summed E-state index contributed by atoms with van der Waals surface area (Å²) in [5.74, 6) is 5.98. The van der Waals surface area contributed by atoms with Crippen LogP contribution in [0.15, 0.2) is 0 Å². The quantitative estimate of drug-likeness (QED) is 0.504. The molecular weight excluding hydrogens is 424 g/mol. The molecule has 0 aliphatic heterocycles. The zero-order chi connectivity index (χ0) is 11.2. The summed E-state index contributed by atoms with van der Waals surface area (Å²) in [5.41, 5.74) is 0. The van der Waals surface area contributed by atoms with Gasteiger partial charge in [0.1, 0.15) is 0 Å². The summed E-state index contributed by atoms with van der Waals surface area (Å²) in [6, 6.07) is 0. The fourth-order valence-corrected chi connectivity index (χ4v) is 0.942. The minimum Gasteiger partial charge on any atom is -0.450 e. The summed E-state index contributed by atoms with van der Waals surface area (Å²) in [4.78, 5) is 8.56. The van der Waals surface area contributed by atoms with Crippen LogP contribution in [-0.4, -0.2) is 16.4 Å². The minimum absolute atomic E-state index is 0. The van der Waals surface area contributed by atoms with Gasteiger partial charge in [0.25, 0.3) is 0 Å². The summed E-state index contributed by atoms with van der Waals surface area (Å²) in [6.07, 6.45) is 6.03. The smallest absolute Gasteiger partial charge is 0.450 e. The van der Waals surface area contributed by atoms with Crippen molar-refractivity contribution in [2.45, 2.75) is 52.4 Å². The number of carboxylic acid groups (broad SMARTS) is 2. The predicted molar refractivity (Wildman–Crippen MR) is 57.5 cm³/mol. The van der Waals surface area contributed by atoms with E-state index in [1.807, 2.05) is 6.92 Å². The van der Waals surface area contributed by atoms with Gasteiger partial charge in [-0.3, -0.25) is 0 Å². The molecule has 0 unspecified atom stereocenters. The molecule has 0 saturated heterocycles. The van der Waals surface area contributed by atoms with Gasteiger partial charge in [-0.1, -0.05) is 32.6 Å². The van der Waals surface area contributed by atoms with Crippen LogP contribution in [0.2, 0.25) is 0 Å². The molecule has 0 aliphatic rings. The maximum absolute atomic E-state index is 8.56. The monoisotopic (exact) mass is 438 g/mol. The molecule has 15 heavy (non-hydrogen) atoms. The van der Waals surface area contributed by atoms with Crippen molar-refractivity contribution in [2.24, 2.45) is 0 Å². The van der Waals surface area contributed by atoms with Crippen LogP contribution in [0.1, 0.15) is 52.4 Å². The van der Waals surface area contributed by atoms with Crippen molar-refractivity contribution in [1.82, 2.24) is 0 Å². The second-order valence-corrected chi connectivity index (χ2v) is 2.87. The van der Waals surface area contributed by atoms with E-state index in [4.69, 9.17) is 15.0 Å². The van der Waals surface area contributed by atoms with Crippen LogP contribution >= 0.6 is 0 Å². The molecule has 0 aliphatic carbocycles. The van der Waals surface area contributed by atoms with Crippen LogP contribution in [0.5, 0.6) is 0 Å². The summed E-state index contributed by atoms with van der Waals surface area (Å²) in [5, 5.41) is 13.9. The summed E-state index contributed by atoms with van der Waals surface area (Å²) in [7, 11) is 0. The molecule has 2 N–H and O–H groups in total. The Bertz CT molecular complexity index is 178. The first-order chi connectivity index (χ1) is 6.65. The molecule has 88 valence electrons. The van der Waals surface area contributed by atoms with E-state index in [0.29, 0.717) is 0 Å². The number of hydrogen-bond acceptors (Lipinski definition) is 1. The molecule has 3 nitrogen and oxygen atoms in total. The van der Waals surface area contributed by atoms with Crippen molar-refractivity contribution in [2.75, 3.05) is 0 Å². The van der Waals surface area contributed by atoms with E-state index in [2.05, 4.69) is 18.8 Å². The van der Waals surface area contributed by atoms with E-state index in [9.17, 15) is 0 Å². The Labute approximate surface area is 114 Å². The molecule has 0 atom stereocenters. The molecule has 0 fully saturated rings. The van der Waals surface area contributed by atoms with Crippen molar-refractivity contribution in [3.05, 3.63) is 0 Å². The minimum atomic E-state index is -1.83. The maximum atomic E-state index is 8.56. The first-order valence-corrected chi connectivity index (χ1v) is 4.96. The third-order valence-corrected chi connectivity index (χ3v) is 1.58. The van der Waals surface area contributed by atoms with Crippen LogP contribution in [-0.2, 0) is 0 Å². The Morgan fingerprint density at radius 1 is 1.13 bits per heavy atom. The van der Waals surface area contributed by atoms with E-state index in [0.717, 1.165) is 6.42 Å². The van der Waals surface area contributed by atoms with Crippen LogP contribution in [0, 0.1) is 41.0 Å². The Kier molecular flexibility index (Phi) is 26.2. The number of carbonyl (C=O) groups is 1. The van der Waals surface area contributed by atoms with E-state index in [-0.39, 0.29) is 29.2 Å². The molecule has 0 radical (unpaired) electrons. The fraction of sp³-hybridized carbons (Fsp3) is 0.727. The third kappa shape index (κ3) is 41.5. The fourth-order valence-electron chi connectivity index (χ4n) is 0.942. The first kappa shape index (κ1) is 20.3. The van der Waals surface area contributed by atoms with Crippen LogP contribution < -0.4 is 0 Å². The second kappa shape index (κ2) is 19.4. The van der Waals surface area contributed by atoms with Gasteiger partial charge < -0.3 is 10.2 Å². The van der Waals surface area contributed by atoms with E-state index >= 15 is 0 Å². The van der Waals surface area contributed by atoms with Gasteiger partial charge in [-0.2, -0.15) is 0 Å². The van der Waals surface area contributed by atoms with Crippen LogP contribution in [0.25, 0.3) is 0 Å². The van der Waals surface area contributed by atoms with E-state index < -0.39 is 6.16 Å². The average molecular weight is 444 g/mol. The van der Waals surface area contributed by atoms with Crippen LogP contribution in [0.4, 0.5) is 4.79 Å². The SMILES string of the molecule is CC#CCCCCCCC.O=C(O)O.[Pu]. The zero-order valence-electron chi connectivity index (χ0n) is 9.45. The molecular formula is C11H20O3Pu. The molecule has 0 amide bonds. The number of unbranched alkanes of at least 4 members (excludes halogenated alkanes) is 5. The normalized spacial score (nSPS) is 7.33. The van der Waals surface area contributed by atoms with Crippen molar-refractivity contribution in [3.8, 4) is 11.8 Å². The summed E-state index contributed by atoms with van der Waals surface area (Å²) < 4.78 is 0. The Hall–Kier alpha value is -0.183. The zero-order valence-corrected chi connectivity index (χ0v) is 12.9. The van der Waals surface area contributed by atoms with Crippen molar-refractivity contribution in [3.63, 3.8) is 0 Å². The molecule has 0 saturated carbocycles. The molecule has 0 aromatic carbocycles. The topological polar surface area (TPSA) is 57.5 Å². The molecule has 0 aromatic rings. The van der Waals surface area contributed by atoms with Crippen molar-refractivity contribution in [1.29, 1.82) is 0 Å². The Morgan fingerprint density at radius 2 is 1.60 bits per heavy atom. The average Bonchev–Trinajstić information content (AvgIpc) is 2.10. The Balaban J connectivity index is -0.000000249. The van der Waals surface area contributed by atoms with Gasteiger partial charge in [-0.25, -0.2) is 4.79 Å². The van der Waals surface area contributed by atoms with Gasteiger partial charge in [0, 0.05) is 35.6 Å². The van der Waals surface area contributed by atoms with Gasteiger partial charge in [0.2, 0.25) is 0 Å². The van der Waals surface area contributed by atoms with Gasteiger partial charge in [-0.05, 0) is 13.3 Å². The van der Waals surface area contributed by atoms with E-state index in [1.165, 1.54) is 32.1 Å². The van der Waals surface area contributed by atoms with Crippen molar-refractivity contribution >= 4 is 6.16 Å². The largest absolute Gasteiger partial charge is 0.503 e. The molecule has 0 bridgehead atoms. The predicted octanol–water partition coefficient (Wildman–Crippen LogP) is 3.59. The first-order valence-electron chi connectivity index (χ1n) is 4.96. The molecule has 0 aromatic heterocycles. The molecule has 0 heterocycles. The molecule has 0 rings (SSSR count). The number of hydrogen-bond donors (Lipinski definition) is 2. The van der Waals surface area contributed by atoms with Gasteiger partial charge in [0.05, 0.1) is 0 Å². The molecule has 0 spiro atoms. The third-order valence-electron chi connectivity index (χ3n) is 1.58. The number of rotatable bonds is 5. The van der Waals surface area contributed by atoms with E-state index in [1.54, 1.807) is 0 Å². The second-order valence-electron chi connectivity index (χ2n) is 2.87. The maximum Gasteiger partial charge on any atom is 0.503 e. The van der Waals surface area contributed by atoms with Gasteiger partial charge in [0.15, 0.2) is 0 Å². The van der Waals surface area contributed by atoms with Gasteiger partial charge in [-0.15, -0.1) is 11.8 Å². The standard InChI is InChI=1S/C10H18.CH2O3.Pu/c1-3-5-7-9-10-8-6-4-2;2-1(3)4;/h3,5,7-10H2,1-2H3;(H2,2,3,4);. The van der Waals surface area contributed by atoms with Crippen molar-refractivity contribution < 1.29 is 44.2 Å². The van der Waals surface area contributed by atoms with Crippen LogP contribution in [0.3, 0.4) is 0 Å².